The zero-order valence-electron chi connectivity index (χ0n) is 15.6. The molecule has 0 aliphatic heterocycles. The van der Waals surface area contributed by atoms with Gasteiger partial charge in [-0.1, -0.05) is 25.5 Å². The summed E-state index contributed by atoms with van der Waals surface area (Å²) in [5, 5.41) is 4.96. The molecule has 1 amide bonds. The summed E-state index contributed by atoms with van der Waals surface area (Å²) in [5.74, 6) is 0.634. The third-order valence-corrected chi connectivity index (χ3v) is 5.16. The fourth-order valence-corrected chi connectivity index (χ4v) is 3.56. The van der Waals surface area contributed by atoms with Crippen molar-refractivity contribution in [1.82, 2.24) is 9.38 Å². The van der Waals surface area contributed by atoms with E-state index in [9.17, 15) is 4.79 Å². The summed E-state index contributed by atoms with van der Waals surface area (Å²) < 4.78 is 7.64. The quantitative estimate of drug-likeness (QED) is 0.424. The lowest BCUT2D eigenvalue weighted by molar-refractivity contribution is 0.102. The van der Waals surface area contributed by atoms with Gasteiger partial charge in [0.25, 0.3) is 5.91 Å². The highest BCUT2D eigenvalue weighted by Gasteiger charge is 2.09. The summed E-state index contributed by atoms with van der Waals surface area (Å²) >= 11 is 1.59. The summed E-state index contributed by atoms with van der Waals surface area (Å²) in [4.78, 5) is 18.1. The number of rotatable bonds is 7. The molecule has 0 bridgehead atoms. The number of nitrogens with zero attached hydrogens (tertiary/aromatic N) is 2. The highest BCUT2D eigenvalue weighted by atomic mass is 32.1. The zero-order chi connectivity index (χ0) is 19.3. The second kappa shape index (κ2) is 8.27. The van der Waals surface area contributed by atoms with Crippen molar-refractivity contribution >= 4 is 27.9 Å². The Morgan fingerprint density at radius 1 is 1.21 bits per heavy atom. The standard InChI is InChI=1S/C22H21N3O2S/c1-2-3-12-27-19-9-7-16(8-10-19)21(26)23-18-6-4-5-17(14-18)20-15-25-11-13-28-22(25)24-20/h4-11,13-15H,2-3,12H2,1H3,(H,23,26). The number of aromatic nitrogens is 2. The van der Waals surface area contributed by atoms with Crippen molar-refractivity contribution in [3.05, 3.63) is 71.9 Å². The number of fused-ring (bicyclic) bond motifs is 1. The van der Waals surface area contributed by atoms with E-state index in [1.165, 1.54) is 0 Å². The number of carbonyl (C=O) groups is 1. The van der Waals surface area contributed by atoms with Crippen LogP contribution in [0.4, 0.5) is 5.69 Å². The Morgan fingerprint density at radius 3 is 2.86 bits per heavy atom. The van der Waals surface area contributed by atoms with Gasteiger partial charge in [-0.3, -0.25) is 9.20 Å². The highest BCUT2D eigenvalue weighted by molar-refractivity contribution is 7.15. The van der Waals surface area contributed by atoms with Crippen LogP contribution in [0.1, 0.15) is 30.1 Å². The third-order valence-electron chi connectivity index (χ3n) is 4.39. The topological polar surface area (TPSA) is 55.6 Å². The molecule has 0 radical (unpaired) electrons. The molecule has 4 aromatic rings. The Kier molecular flexibility index (Phi) is 5.39. The molecule has 28 heavy (non-hydrogen) atoms. The van der Waals surface area contributed by atoms with Crippen LogP contribution >= 0.6 is 11.3 Å². The molecule has 0 unspecified atom stereocenters. The Morgan fingerprint density at radius 2 is 2.07 bits per heavy atom. The number of ether oxygens (including phenoxy) is 1. The van der Waals surface area contributed by atoms with Crippen LogP contribution in [0.15, 0.2) is 66.3 Å². The summed E-state index contributed by atoms with van der Waals surface area (Å²) in [5.41, 5.74) is 3.18. The van der Waals surface area contributed by atoms with E-state index in [0.29, 0.717) is 12.2 Å². The van der Waals surface area contributed by atoms with Gasteiger partial charge in [0.15, 0.2) is 4.96 Å². The number of amides is 1. The average Bonchev–Trinajstić information content (AvgIpc) is 3.31. The maximum absolute atomic E-state index is 12.6. The minimum Gasteiger partial charge on any atom is -0.494 e. The second-order valence-corrected chi connectivity index (χ2v) is 7.35. The normalized spacial score (nSPS) is 10.9. The van der Waals surface area contributed by atoms with Gasteiger partial charge in [-0.15, -0.1) is 11.3 Å². The molecule has 0 saturated carbocycles. The number of carbonyl (C=O) groups excluding carboxylic acids is 1. The highest BCUT2D eigenvalue weighted by Crippen LogP contribution is 2.24. The van der Waals surface area contributed by atoms with Crippen LogP contribution in [0.25, 0.3) is 16.2 Å². The van der Waals surface area contributed by atoms with Crippen molar-refractivity contribution in [2.45, 2.75) is 19.8 Å². The smallest absolute Gasteiger partial charge is 0.255 e. The van der Waals surface area contributed by atoms with E-state index in [-0.39, 0.29) is 5.91 Å². The molecule has 142 valence electrons. The molecule has 0 fully saturated rings. The first-order chi connectivity index (χ1) is 13.7. The maximum Gasteiger partial charge on any atom is 0.255 e. The predicted molar refractivity (Wildman–Crippen MR) is 113 cm³/mol. The van der Waals surface area contributed by atoms with Crippen LogP contribution in [0, 0.1) is 0 Å². The molecule has 6 heteroatoms. The van der Waals surface area contributed by atoms with Gasteiger partial charge in [0.2, 0.25) is 0 Å². The number of imidazole rings is 1. The largest absolute Gasteiger partial charge is 0.494 e. The first kappa shape index (κ1) is 18.3. The van der Waals surface area contributed by atoms with Crippen LogP contribution < -0.4 is 10.1 Å². The van der Waals surface area contributed by atoms with Crippen LogP contribution in [0.3, 0.4) is 0 Å². The van der Waals surface area contributed by atoms with Gasteiger partial charge in [-0.25, -0.2) is 4.98 Å². The molecular weight excluding hydrogens is 370 g/mol. The fraction of sp³-hybridized carbons (Fsp3) is 0.182. The molecular formula is C22H21N3O2S. The lowest BCUT2D eigenvalue weighted by Gasteiger charge is -2.08. The number of nitrogens with one attached hydrogen (secondary N) is 1. The van der Waals surface area contributed by atoms with E-state index in [1.807, 2.05) is 58.6 Å². The van der Waals surface area contributed by atoms with E-state index < -0.39 is 0 Å². The number of thiazole rings is 1. The summed E-state index contributed by atoms with van der Waals surface area (Å²) in [6.07, 6.45) is 6.09. The molecule has 1 N–H and O–H groups in total. The van der Waals surface area contributed by atoms with E-state index in [2.05, 4.69) is 17.2 Å². The number of benzene rings is 2. The number of anilines is 1. The predicted octanol–water partition coefficient (Wildman–Crippen LogP) is 5.49. The Balaban J connectivity index is 1.45. The molecule has 0 aliphatic rings. The zero-order valence-corrected chi connectivity index (χ0v) is 16.4. The van der Waals surface area contributed by atoms with Crippen LogP contribution in [0.5, 0.6) is 5.75 Å². The first-order valence-electron chi connectivity index (χ1n) is 9.30. The van der Waals surface area contributed by atoms with Gasteiger partial charge >= 0.3 is 0 Å². The van der Waals surface area contributed by atoms with E-state index >= 15 is 0 Å². The molecule has 0 spiro atoms. The fourth-order valence-electron chi connectivity index (χ4n) is 2.86. The Hall–Kier alpha value is -3.12. The van der Waals surface area contributed by atoms with Crippen molar-refractivity contribution in [3.8, 4) is 17.0 Å². The number of unbranched alkanes of at least 4 members (excludes halogenated alkanes) is 1. The van der Waals surface area contributed by atoms with Crippen molar-refractivity contribution in [2.75, 3.05) is 11.9 Å². The summed E-state index contributed by atoms with van der Waals surface area (Å²) in [7, 11) is 0. The average molecular weight is 391 g/mol. The van der Waals surface area contributed by atoms with Gasteiger partial charge in [0.1, 0.15) is 5.75 Å². The van der Waals surface area contributed by atoms with Gasteiger partial charge in [0, 0.05) is 34.6 Å². The molecule has 0 atom stereocenters. The molecule has 2 heterocycles. The molecule has 0 saturated heterocycles. The van der Waals surface area contributed by atoms with Gasteiger partial charge in [0.05, 0.1) is 12.3 Å². The van der Waals surface area contributed by atoms with E-state index in [4.69, 9.17) is 4.74 Å². The van der Waals surface area contributed by atoms with Crippen molar-refractivity contribution in [3.63, 3.8) is 0 Å². The maximum atomic E-state index is 12.6. The molecule has 2 aromatic carbocycles. The minimum atomic E-state index is -0.150. The first-order valence-corrected chi connectivity index (χ1v) is 10.2. The van der Waals surface area contributed by atoms with Crippen LogP contribution in [-0.2, 0) is 0 Å². The van der Waals surface area contributed by atoms with Crippen molar-refractivity contribution in [1.29, 1.82) is 0 Å². The Labute approximate surface area is 167 Å². The van der Waals surface area contributed by atoms with Crippen molar-refractivity contribution < 1.29 is 9.53 Å². The van der Waals surface area contributed by atoms with Crippen molar-refractivity contribution in [2.24, 2.45) is 0 Å². The molecule has 4 rings (SSSR count). The summed E-state index contributed by atoms with van der Waals surface area (Å²) in [6, 6.07) is 15.0. The minimum absolute atomic E-state index is 0.150. The lowest BCUT2D eigenvalue weighted by atomic mass is 10.1. The second-order valence-electron chi connectivity index (χ2n) is 6.48. The van der Waals surface area contributed by atoms with E-state index in [0.717, 1.165) is 40.5 Å². The Bertz CT molecular complexity index is 1050. The third kappa shape index (κ3) is 4.07. The molecule has 0 aliphatic carbocycles. The van der Waals surface area contributed by atoms with Gasteiger partial charge in [-0.2, -0.15) is 0 Å². The lowest BCUT2D eigenvalue weighted by Crippen LogP contribution is -2.11. The van der Waals surface area contributed by atoms with Gasteiger partial charge < -0.3 is 10.1 Å². The monoisotopic (exact) mass is 391 g/mol. The van der Waals surface area contributed by atoms with Gasteiger partial charge in [-0.05, 0) is 42.8 Å². The van der Waals surface area contributed by atoms with Crippen LogP contribution in [-0.4, -0.2) is 21.9 Å². The number of hydrogen-bond donors (Lipinski definition) is 1. The molecule has 2 aromatic heterocycles. The molecule has 5 nitrogen and oxygen atoms in total. The SMILES string of the molecule is CCCCOc1ccc(C(=O)Nc2cccc(-c3cn4ccsc4n3)c2)cc1. The van der Waals surface area contributed by atoms with Crippen LogP contribution in [0.2, 0.25) is 0 Å². The summed E-state index contributed by atoms with van der Waals surface area (Å²) in [6.45, 7) is 2.82. The number of hydrogen-bond acceptors (Lipinski definition) is 4. The van der Waals surface area contributed by atoms with E-state index in [1.54, 1.807) is 23.5 Å².